The van der Waals surface area contributed by atoms with Crippen molar-refractivity contribution < 1.29 is 24.5 Å². The quantitative estimate of drug-likeness (QED) is 0.494. The normalized spacial score (nSPS) is 18.9. The first-order valence-electron chi connectivity index (χ1n) is 10.9. The number of hydrogen-bond acceptors (Lipinski definition) is 4. The molecule has 0 saturated carbocycles. The average molecular weight is 476 g/mol. The molecule has 172 valence electrons. The smallest absolute Gasteiger partial charge is 0.337 e. The molecule has 0 fully saturated rings. The van der Waals surface area contributed by atoms with E-state index in [-0.39, 0.29) is 22.5 Å². The van der Waals surface area contributed by atoms with Crippen molar-refractivity contribution in [3.05, 3.63) is 100 Å². The lowest BCUT2D eigenvalue weighted by Gasteiger charge is -2.22. The summed E-state index contributed by atoms with van der Waals surface area (Å²) in [5, 5.41) is 19.3. The molecule has 1 aliphatic heterocycles. The number of carbonyl (C=O) groups excluding carboxylic acids is 1. The third kappa shape index (κ3) is 4.30. The number of fused-ring (bicyclic) bond motifs is 1. The average Bonchev–Trinajstić information content (AvgIpc) is 3.40. The van der Waals surface area contributed by atoms with Crippen LogP contribution < -0.4 is 4.74 Å². The van der Waals surface area contributed by atoms with E-state index in [2.05, 4.69) is 0 Å². The number of amides is 1. The number of aromatic carboxylic acids is 1. The number of rotatable bonds is 6. The molecule has 2 atom stereocenters. The van der Waals surface area contributed by atoms with Crippen molar-refractivity contribution in [3.63, 3.8) is 0 Å². The van der Waals surface area contributed by atoms with Crippen molar-refractivity contribution in [2.24, 2.45) is 0 Å². The number of ether oxygens (including phenoxy) is 1. The molecule has 5 rings (SSSR count). The maximum absolute atomic E-state index is 12.8. The van der Waals surface area contributed by atoms with Crippen molar-refractivity contribution in [3.8, 4) is 16.9 Å². The predicted molar refractivity (Wildman–Crippen MR) is 128 cm³/mol. The van der Waals surface area contributed by atoms with Crippen LogP contribution in [0.2, 0.25) is 5.02 Å². The van der Waals surface area contributed by atoms with Crippen LogP contribution in [-0.4, -0.2) is 39.1 Å². The second kappa shape index (κ2) is 8.97. The Bertz CT molecular complexity index is 1320. The summed E-state index contributed by atoms with van der Waals surface area (Å²) in [5.74, 6) is -0.428. The van der Waals surface area contributed by atoms with Crippen LogP contribution in [0, 0.1) is 0 Å². The monoisotopic (exact) mass is 475 g/mol. The Morgan fingerprint density at radius 3 is 2.65 bits per heavy atom. The van der Waals surface area contributed by atoms with E-state index in [1.807, 2.05) is 36.4 Å². The molecular formula is C27H22ClNO5. The standard InChI is InChI=1S/C27H22ClNO5/c28-25-9-4-18(12-24(25)27(32)33)17-3-1-2-16(10-17)15-34-22-7-8-23-19(11-22)14-29(26(23)31)20-5-6-21(30)13-20/h1-12,20-21,30H,13-15H2,(H,32,33). The van der Waals surface area contributed by atoms with E-state index in [0.717, 1.165) is 22.3 Å². The van der Waals surface area contributed by atoms with Gasteiger partial charge in [0.25, 0.3) is 5.91 Å². The number of aliphatic hydroxyl groups is 1. The van der Waals surface area contributed by atoms with E-state index in [1.54, 1.807) is 41.3 Å². The molecule has 3 aromatic carbocycles. The lowest BCUT2D eigenvalue weighted by atomic mass is 10.0. The van der Waals surface area contributed by atoms with Crippen molar-refractivity contribution in [1.82, 2.24) is 4.90 Å². The highest BCUT2D eigenvalue weighted by molar-refractivity contribution is 6.33. The Labute approximate surface area is 201 Å². The van der Waals surface area contributed by atoms with Gasteiger partial charge in [-0.2, -0.15) is 0 Å². The van der Waals surface area contributed by atoms with Crippen LogP contribution in [0.15, 0.2) is 72.8 Å². The zero-order valence-electron chi connectivity index (χ0n) is 18.1. The van der Waals surface area contributed by atoms with Gasteiger partial charge in [-0.05, 0) is 58.7 Å². The highest BCUT2D eigenvalue weighted by Crippen LogP contribution is 2.32. The van der Waals surface area contributed by atoms with Crippen LogP contribution in [0.4, 0.5) is 0 Å². The number of nitrogens with zero attached hydrogens (tertiary/aromatic N) is 1. The van der Waals surface area contributed by atoms with Crippen molar-refractivity contribution in [2.75, 3.05) is 0 Å². The molecule has 0 bridgehead atoms. The van der Waals surface area contributed by atoms with Crippen LogP contribution in [-0.2, 0) is 13.2 Å². The number of carbonyl (C=O) groups is 2. The predicted octanol–water partition coefficient (Wildman–Crippen LogP) is 4.93. The minimum absolute atomic E-state index is 0.0262. The summed E-state index contributed by atoms with van der Waals surface area (Å²) in [6, 6.07) is 18.0. The Balaban J connectivity index is 1.29. The van der Waals surface area contributed by atoms with Gasteiger partial charge in [-0.1, -0.05) is 48.0 Å². The minimum Gasteiger partial charge on any atom is -0.489 e. The Morgan fingerprint density at radius 1 is 1.06 bits per heavy atom. The summed E-state index contributed by atoms with van der Waals surface area (Å²) >= 11 is 5.99. The Hall–Kier alpha value is -3.61. The Kier molecular flexibility index (Phi) is 5.86. The highest BCUT2D eigenvalue weighted by Gasteiger charge is 2.34. The number of benzene rings is 3. The summed E-state index contributed by atoms with van der Waals surface area (Å²) in [6.07, 6.45) is 3.65. The SMILES string of the molecule is O=C(O)c1cc(-c2cccc(COc3ccc4c(c3)CN(C3C=CC(O)C3)C4=O)c2)ccc1Cl. The third-order valence-corrected chi connectivity index (χ3v) is 6.54. The van der Waals surface area contributed by atoms with Gasteiger partial charge in [0.1, 0.15) is 12.4 Å². The lowest BCUT2D eigenvalue weighted by Crippen LogP contribution is -2.33. The van der Waals surface area contributed by atoms with E-state index >= 15 is 0 Å². The molecule has 2 aliphatic rings. The fraction of sp³-hybridized carbons (Fsp3) is 0.185. The first kappa shape index (κ1) is 22.2. The summed E-state index contributed by atoms with van der Waals surface area (Å²) < 4.78 is 6.00. The van der Waals surface area contributed by atoms with Crippen LogP contribution in [0.5, 0.6) is 5.75 Å². The summed E-state index contributed by atoms with van der Waals surface area (Å²) in [5.41, 5.74) is 4.18. The van der Waals surface area contributed by atoms with Gasteiger partial charge < -0.3 is 19.8 Å². The number of carboxylic acids is 1. The zero-order valence-corrected chi connectivity index (χ0v) is 18.9. The maximum atomic E-state index is 12.8. The van der Waals surface area contributed by atoms with Crippen molar-refractivity contribution in [2.45, 2.75) is 31.7 Å². The number of hydrogen-bond donors (Lipinski definition) is 2. The Morgan fingerprint density at radius 2 is 1.88 bits per heavy atom. The maximum Gasteiger partial charge on any atom is 0.337 e. The fourth-order valence-electron chi connectivity index (χ4n) is 4.45. The van der Waals surface area contributed by atoms with Crippen LogP contribution in [0.3, 0.4) is 0 Å². The van der Waals surface area contributed by atoms with E-state index in [4.69, 9.17) is 16.3 Å². The first-order chi connectivity index (χ1) is 16.4. The first-order valence-corrected chi connectivity index (χ1v) is 11.3. The van der Waals surface area contributed by atoms with Crippen molar-refractivity contribution in [1.29, 1.82) is 0 Å². The molecule has 6 nitrogen and oxygen atoms in total. The molecule has 0 spiro atoms. The molecule has 7 heteroatoms. The number of halogens is 1. The molecule has 0 radical (unpaired) electrons. The molecule has 1 amide bonds. The molecule has 0 aromatic heterocycles. The van der Waals surface area contributed by atoms with E-state index in [0.29, 0.717) is 30.9 Å². The van der Waals surface area contributed by atoms with Crippen LogP contribution in [0.1, 0.15) is 38.3 Å². The molecule has 0 saturated heterocycles. The van der Waals surface area contributed by atoms with Crippen molar-refractivity contribution >= 4 is 23.5 Å². The zero-order chi connectivity index (χ0) is 23.8. The van der Waals surface area contributed by atoms with Gasteiger partial charge >= 0.3 is 5.97 Å². The molecule has 2 unspecified atom stereocenters. The largest absolute Gasteiger partial charge is 0.489 e. The van der Waals surface area contributed by atoms with Gasteiger partial charge in [0.15, 0.2) is 0 Å². The number of carboxylic acid groups (broad SMARTS) is 1. The van der Waals surface area contributed by atoms with Gasteiger partial charge in [0, 0.05) is 18.5 Å². The molecule has 3 aromatic rings. The lowest BCUT2D eigenvalue weighted by molar-refractivity contribution is 0.0692. The molecular weight excluding hydrogens is 454 g/mol. The van der Waals surface area contributed by atoms with E-state index in [9.17, 15) is 19.8 Å². The van der Waals surface area contributed by atoms with Crippen LogP contribution >= 0.6 is 11.6 Å². The second-order valence-electron chi connectivity index (χ2n) is 8.50. The second-order valence-corrected chi connectivity index (χ2v) is 8.90. The highest BCUT2D eigenvalue weighted by atomic mass is 35.5. The van der Waals surface area contributed by atoms with Gasteiger partial charge in [-0.3, -0.25) is 4.79 Å². The topological polar surface area (TPSA) is 87.1 Å². The van der Waals surface area contributed by atoms with E-state index < -0.39 is 12.1 Å². The third-order valence-electron chi connectivity index (χ3n) is 6.21. The molecule has 1 aliphatic carbocycles. The van der Waals surface area contributed by atoms with Crippen LogP contribution in [0.25, 0.3) is 11.1 Å². The molecule has 1 heterocycles. The fourth-order valence-corrected chi connectivity index (χ4v) is 4.64. The van der Waals surface area contributed by atoms with Gasteiger partial charge in [-0.25, -0.2) is 4.79 Å². The van der Waals surface area contributed by atoms with Gasteiger partial charge in [0.2, 0.25) is 0 Å². The molecule has 2 N–H and O–H groups in total. The minimum atomic E-state index is -1.07. The summed E-state index contributed by atoms with van der Waals surface area (Å²) in [4.78, 5) is 25.9. The number of aliphatic hydroxyl groups excluding tert-OH is 1. The summed E-state index contributed by atoms with van der Waals surface area (Å²) in [6.45, 7) is 0.812. The van der Waals surface area contributed by atoms with E-state index in [1.165, 1.54) is 0 Å². The van der Waals surface area contributed by atoms with Gasteiger partial charge in [-0.15, -0.1) is 0 Å². The summed E-state index contributed by atoms with van der Waals surface area (Å²) in [7, 11) is 0. The van der Waals surface area contributed by atoms with Gasteiger partial charge in [0.05, 0.1) is 22.7 Å². The molecule has 34 heavy (non-hydrogen) atoms.